The van der Waals surface area contributed by atoms with Crippen molar-refractivity contribution < 1.29 is 9.59 Å². The molecule has 5 heteroatoms. The second kappa shape index (κ2) is 5.46. The maximum absolute atomic E-state index is 11.9. The van der Waals surface area contributed by atoms with Gasteiger partial charge in [0.1, 0.15) is 0 Å². The summed E-state index contributed by atoms with van der Waals surface area (Å²) in [6.45, 7) is 0. The fourth-order valence-electron chi connectivity index (χ4n) is 2.24. The van der Waals surface area contributed by atoms with Crippen LogP contribution in [0.25, 0.3) is 0 Å². The lowest BCUT2D eigenvalue weighted by atomic mass is 10.0. The van der Waals surface area contributed by atoms with E-state index in [4.69, 9.17) is 0 Å². The van der Waals surface area contributed by atoms with Crippen molar-refractivity contribution in [1.29, 1.82) is 0 Å². The van der Waals surface area contributed by atoms with Gasteiger partial charge in [0.2, 0.25) is 11.8 Å². The fourth-order valence-corrected chi connectivity index (χ4v) is 2.94. The third-order valence-electron chi connectivity index (χ3n) is 3.20. The number of thiophene rings is 1. The summed E-state index contributed by atoms with van der Waals surface area (Å²) in [6, 6.07) is 9.48. The molecule has 0 atom stereocenters. The SMILES string of the molecule is O=C(Cc1cccs1)Nc1ccc2c(c1)CCC(=O)N2. The van der Waals surface area contributed by atoms with E-state index in [2.05, 4.69) is 10.6 Å². The first kappa shape index (κ1) is 12.9. The van der Waals surface area contributed by atoms with Gasteiger partial charge >= 0.3 is 0 Å². The van der Waals surface area contributed by atoms with Crippen LogP contribution in [0.4, 0.5) is 11.4 Å². The number of aryl methyl sites for hydroxylation is 1. The average molecular weight is 286 g/mol. The molecule has 1 aliphatic rings. The molecule has 2 heterocycles. The summed E-state index contributed by atoms with van der Waals surface area (Å²) in [5, 5.41) is 7.69. The highest BCUT2D eigenvalue weighted by Gasteiger charge is 2.15. The number of carbonyl (C=O) groups is 2. The number of amides is 2. The van der Waals surface area contributed by atoms with Crippen LogP contribution in [0.1, 0.15) is 16.9 Å². The summed E-state index contributed by atoms with van der Waals surface area (Å²) in [4.78, 5) is 24.3. The smallest absolute Gasteiger partial charge is 0.229 e. The Morgan fingerprint density at radius 1 is 1.30 bits per heavy atom. The fraction of sp³-hybridized carbons (Fsp3) is 0.200. The number of benzene rings is 1. The highest BCUT2D eigenvalue weighted by Crippen LogP contribution is 2.25. The molecular formula is C15H14N2O2S. The van der Waals surface area contributed by atoms with E-state index in [1.165, 1.54) is 0 Å². The normalized spacial score (nSPS) is 13.5. The van der Waals surface area contributed by atoms with Crippen molar-refractivity contribution >= 4 is 34.5 Å². The molecule has 0 aliphatic carbocycles. The Morgan fingerprint density at radius 2 is 2.20 bits per heavy atom. The number of hydrogen-bond acceptors (Lipinski definition) is 3. The van der Waals surface area contributed by atoms with Gasteiger partial charge in [-0.2, -0.15) is 0 Å². The van der Waals surface area contributed by atoms with Crippen LogP contribution in [0.5, 0.6) is 0 Å². The van der Waals surface area contributed by atoms with Gasteiger partial charge in [-0.25, -0.2) is 0 Å². The molecule has 0 saturated heterocycles. The lowest BCUT2D eigenvalue weighted by Crippen LogP contribution is -2.19. The molecule has 0 saturated carbocycles. The van der Waals surface area contributed by atoms with Crippen LogP contribution in [0, 0.1) is 0 Å². The van der Waals surface area contributed by atoms with Gasteiger partial charge < -0.3 is 10.6 Å². The summed E-state index contributed by atoms with van der Waals surface area (Å²) in [7, 11) is 0. The molecule has 4 nitrogen and oxygen atoms in total. The van der Waals surface area contributed by atoms with Crippen LogP contribution in [0.2, 0.25) is 0 Å². The van der Waals surface area contributed by atoms with E-state index < -0.39 is 0 Å². The summed E-state index contributed by atoms with van der Waals surface area (Å²) in [6.07, 6.45) is 1.61. The molecule has 20 heavy (non-hydrogen) atoms. The number of rotatable bonds is 3. The highest BCUT2D eigenvalue weighted by molar-refractivity contribution is 7.10. The summed E-state index contributed by atoms with van der Waals surface area (Å²) >= 11 is 1.58. The minimum Gasteiger partial charge on any atom is -0.326 e. The first-order valence-electron chi connectivity index (χ1n) is 6.46. The van der Waals surface area contributed by atoms with Crippen LogP contribution >= 0.6 is 11.3 Å². The molecule has 0 unspecified atom stereocenters. The number of anilines is 2. The molecule has 0 spiro atoms. The third kappa shape index (κ3) is 2.88. The van der Waals surface area contributed by atoms with E-state index in [1.807, 2.05) is 35.7 Å². The van der Waals surface area contributed by atoms with Crippen molar-refractivity contribution in [2.24, 2.45) is 0 Å². The molecular weight excluding hydrogens is 272 g/mol. The predicted molar refractivity (Wildman–Crippen MR) is 80.0 cm³/mol. The number of fused-ring (bicyclic) bond motifs is 1. The maximum Gasteiger partial charge on any atom is 0.229 e. The van der Waals surface area contributed by atoms with Gasteiger partial charge in [-0.15, -0.1) is 11.3 Å². The Hall–Kier alpha value is -2.14. The van der Waals surface area contributed by atoms with E-state index in [0.717, 1.165) is 28.2 Å². The number of carbonyl (C=O) groups excluding carboxylic acids is 2. The van der Waals surface area contributed by atoms with Crippen molar-refractivity contribution in [2.45, 2.75) is 19.3 Å². The predicted octanol–water partition coefficient (Wildman–Crippen LogP) is 2.81. The van der Waals surface area contributed by atoms with Crippen LogP contribution in [0.3, 0.4) is 0 Å². The second-order valence-electron chi connectivity index (χ2n) is 4.72. The third-order valence-corrected chi connectivity index (χ3v) is 4.08. The Kier molecular flexibility index (Phi) is 3.52. The van der Waals surface area contributed by atoms with Gasteiger partial charge in [-0.3, -0.25) is 9.59 Å². The standard InChI is InChI=1S/C15H14N2O2S/c18-14-6-3-10-8-11(4-5-13(10)17-14)16-15(19)9-12-2-1-7-20-12/h1-2,4-5,7-8H,3,6,9H2,(H,16,19)(H,17,18). The summed E-state index contributed by atoms with van der Waals surface area (Å²) in [5.41, 5.74) is 2.69. The molecule has 102 valence electrons. The van der Waals surface area contributed by atoms with Gasteiger partial charge in [-0.05, 0) is 41.6 Å². The number of hydrogen-bond donors (Lipinski definition) is 2. The van der Waals surface area contributed by atoms with Crippen molar-refractivity contribution in [3.8, 4) is 0 Å². The van der Waals surface area contributed by atoms with E-state index in [1.54, 1.807) is 11.3 Å². The van der Waals surface area contributed by atoms with Gasteiger partial charge in [0.15, 0.2) is 0 Å². The zero-order valence-electron chi connectivity index (χ0n) is 10.8. The van der Waals surface area contributed by atoms with E-state index in [9.17, 15) is 9.59 Å². The summed E-state index contributed by atoms with van der Waals surface area (Å²) < 4.78 is 0. The minimum absolute atomic E-state index is 0.0211. The van der Waals surface area contributed by atoms with Gasteiger partial charge in [0.25, 0.3) is 0 Å². The van der Waals surface area contributed by atoms with Gasteiger partial charge in [0.05, 0.1) is 6.42 Å². The topological polar surface area (TPSA) is 58.2 Å². The molecule has 1 aromatic carbocycles. The minimum atomic E-state index is -0.0211. The van der Waals surface area contributed by atoms with Crippen molar-refractivity contribution in [3.63, 3.8) is 0 Å². The first-order chi connectivity index (χ1) is 9.70. The van der Waals surface area contributed by atoms with Gasteiger partial charge in [-0.1, -0.05) is 6.07 Å². The summed E-state index contributed by atoms with van der Waals surface area (Å²) in [5.74, 6) is 0.0271. The lowest BCUT2D eigenvalue weighted by molar-refractivity contribution is -0.116. The molecule has 0 fully saturated rings. The van der Waals surface area contributed by atoms with Gasteiger partial charge in [0, 0.05) is 22.7 Å². The zero-order chi connectivity index (χ0) is 13.9. The molecule has 2 amide bonds. The molecule has 1 aromatic heterocycles. The van der Waals surface area contributed by atoms with Crippen molar-refractivity contribution in [1.82, 2.24) is 0 Å². The Morgan fingerprint density at radius 3 is 3.00 bits per heavy atom. The maximum atomic E-state index is 11.9. The van der Waals surface area contributed by atoms with E-state index in [-0.39, 0.29) is 11.8 Å². The molecule has 2 aromatic rings. The number of nitrogens with one attached hydrogen (secondary N) is 2. The van der Waals surface area contributed by atoms with Crippen molar-refractivity contribution in [2.75, 3.05) is 10.6 Å². The Bertz CT molecular complexity index is 650. The molecule has 0 radical (unpaired) electrons. The second-order valence-corrected chi connectivity index (χ2v) is 5.76. The molecule has 1 aliphatic heterocycles. The average Bonchev–Trinajstić information content (AvgIpc) is 2.91. The van der Waals surface area contributed by atoms with Crippen LogP contribution < -0.4 is 10.6 Å². The van der Waals surface area contributed by atoms with Crippen LogP contribution in [-0.2, 0) is 22.4 Å². The van der Waals surface area contributed by atoms with Crippen molar-refractivity contribution in [3.05, 3.63) is 46.2 Å². The molecule has 0 bridgehead atoms. The highest BCUT2D eigenvalue weighted by atomic mass is 32.1. The monoisotopic (exact) mass is 286 g/mol. The Balaban J connectivity index is 1.69. The van der Waals surface area contributed by atoms with E-state index >= 15 is 0 Å². The van der Waals surface area contributed by atoms with E-state index in [0.29, 0.717) is 12.8 Å². The largest absolute Gasteiger partial charge is 0.326 e. The molecule has 3 rings (SSSR count). The quantitative estimate of drug-likeness (QED) is 0.911. The molecule has 2 N–H and O–H groups in total. The Labute approximate surface area is 120 Å². The zero-order valence-corrected chi connectivity index (χ0v) is 11.6. The van der Waals surface area contributed by atoms with Crippen LogP contribution in [-0.4, -0.2) is 11.8 Å². The first-order valence-corrected chi connectivity index (χ1v) is 7.34. The lowest BCUT2D eigenvalue weighted by Gasteiger charge is -2.17. The van der Waals surface area contributed by atoms with Crippen LogP contribution in [0.15, 0.2) is 35.7 Å².